The van der Waals surface area contributed by atoms with Gasteiger partial charge in [-0.3, -0.25) is 4.98 Å². The van der Waals surface area contributed by atoms with Crippen molar-refractivity contribution in [3.05, 3.63) is 71.9 Å². The number of nitrogens with one attached hydrogen (secondary N) is 1. The minimum Gasteiger partial charge on any atom is -0.366 e. The van der Waals surface area contributed by atoms with Crippen molar-refractivity contribution >= 4 is 16.6 Å². The lowest BCUT2D eigenvalue weighted by atomic mass is 10.0. The fraction of sp³-hybridized carbons (Fsp3) is 0.111. The minimum absolute atomic E-state index is 0.426. The molecule has 0 fully saturated rings. The summed E-state index contributed by atoms with van der Waals surface area (Å²) in [4.78, 5) is 4.42. The first-order chi connectivity index (χ1) is 10.3. The maximum atomic E-state index is 9.55. The zero-order chi connectivity index (χ0) is 14.7. The van der Waals surface area contributed by atoms with Crippen molar-refractivity contribution in [3.63, 3.8) is 0 Å². The molecule has 0 saturated carbocycles. The normalized spacial score (nSPS) is 11.8. The molecule has 3 rings (SSSR count). The predicted octanol–water partition coefficient (Wildman–Crippen LogP) is 4.22. The van der Waals surface area contributed by atoms with E-state index in [1.54, 1.807) is 6.20 Å². The highest BCUT2D eigenvalue weighted by Crippen LogP contribution is 2.26. The Kier molecular flexibility index (Phi) is 3.53. The van der Waals surface area contributed by atoms with E-state index in [0.29, 0.717) is 0 Å². The number of hydrogen-bond donors (Lipinski definition) is 1. The molecule has 21 heavy (non-hydrogen) atoms. The van der Waals surface area contributed by atoms with Gasteiger partial charge in [0.15, 0.2) is 0 Å². The molecule has 3 heteroatoms. The summed E-state index contributed by atoms with van der Waals surface area (Å²) in [6.07, 6.45) is 1.76. The number of pyridine rings is 1. The number of para-hydroxylation sites is 2. The molecular weight excluding hydrogens is 258 g/mol. The van der Waals surface area contributed by atoms with Crippen LogP contribution < -0.4 is 5.32 Å². The van der Waals surface area contributed by atoms with Crippen LogP contribution in [-0.4, -0.2) is 4.98 Å². The molecule has 3 nitrogen and oxygen atoms in total. The first kappa shape index (κ1) is 13.1. The van der Waals surface area contributed by atoms with Crippen LogP contribution in [0, 0.1) is 18.3 Å². The molecule has 0 bridgehead atoms. The molecule has 1 atom stereocenters. The van der Waals surface area contributed by atoms with Gasteiger partial charge in [-0.2, -0.15) is 5.26 Å². The van der Waals surface area contributed by atoms with Crippen molar-refractivity contribution in [2.75, 3.05) is 5.32 Å². The smallest absolute Gasteiger partial charge is 0.142 e. The highest BCUT2D eigenvalue weighted by atomic mass is 14.9. The number of nitrogens with zero attached hydrogens (tertiary/aromatic N) is 2. The first-order valence-electron chi connectivity index (χ1n) is 6.85. The molecule has 0 saturated heterocycles. The summed E-state index contributed by atoms with van der Waals surface area (Å²) in [5.41, 5.74) is 3.86. The number of aromatic nitrogens is 1. The zero-order valence-corrected chi connectivity index (χ0v) is 11.7. The highest BCUT2D eigenvalue weighted by molar-refractivity contribution is 5.82. The van der Waals surface area contributed by atoms with Crippen LogP contribution in [0.2, 0.25) is 0 Å². The number of nitriles is 1. The van der Waals surface area contributed by atoms with Crippen molar-refractivity contribution in [1.29, 1.82) is 5.26 Å². The largest absolute Gasteiger partial charge is 0.366 e. The standard InChI is InChI=1S/C18H15N3/c1-13-6-2-3-10-16(13)21-17(12-19)15-9-4-7-14-8-5-11-20-18(14)15/h2-11,17,21H,1H3. The summed E-state index contributed by atoms with van der Waals surface area (Å²) >= 11 is 0. The lowest BCUT2D eigenvalue weighted by molar-refractivity contribution is 1.000. The van der Waals surface area contributed by atoms with Crippen LogP contribution in [0.4, 0.5) is 5.69 Å². The Morgan fingerprint density at radius 2 is 1.86 bits per heavy atom. The van der Waals surface area contributed by atoms with E-state index < -0.39 is 6.04 Å². The van der Waals surface area contributed by atoms with Gasteiger partial charge in [0.2, 0.25) is 0 Å². The Balaban J connectivity index is 2.04. The number of benzene rings is 2. The topological polar surface area (TPSA) is 48.7 Å². The Bertz CT molecular complexity index is 813. The molecule has 1 aromatic heterocycles. The molecular formula is C18H15N3. The fourth-order valence-corrected chi connectivity index (χ4v) is 2.43. The molecule has 0 amide bonds. The third-order valence-electron chi connectivity index (χ3n) is 3.55. The summed E-state index contributed by atoms with van der Waals surface area (Å²) in [6.45, 7) is 2.03. The Hall–Kier alpha value is -2.86. The van der Waals surface area contributed by atoms with Crippen LogP contribution in [0.25, 0.3) is 10.9 Å². The molecule has 1 heterocycles. The highest BCUT2D eigenvalue weighted by Gasteiger charge is 2.14. The molecule has 1 unspecified atom stereocenters. The van der Waals surface area contributed by atoms with Crippen molar-refractivity contribution in [2.24, 2.45) is 0 Å². The van der Waals surface area contributed by atoms with Crippen LogP contribution in [0.3, 0.4) is 0 Å². The second kappa shape index (κ2) is 5.64. The van der Waals surface area contributed by atoms with Crippen molar-refractivity contribution in [2.45, 2.75) is 13.0 Å². The zero-order valence-electron chi connectivity index (χ0n) is 11.7. The molecule has 1 N–H and O–H groups in total. The van der Waals surface area contributed by atoms with E-state index in [9.17, 15) is 5.26 Å². The monoisotopic (exact) mass is 273 g/mol. The van der Waals surface area contributed by atoms with Gasteiger partial charge in [0.05, 0.1) is 11.6 Å². The second-order valence-corrected chi connectivity index (χ2v) is 4.94. The molecule has 102 valence electrons. The average molecular weight is 273 g/mol. The summed E-state index contributed by atoms with van der Waals surface area (Å²) in [6, 6.07) is 19.7. The summed E-state index contributed by atoms with van der Waals surface area (Å²) in [5, 5.41) is 13.9. The predicted molar refractivity (Wildman–Crippen MR) is 84.9 cm³/mol. The molecule has 0 aliphatic carbocycles. The minimum atomic E-state index is -0.426. The summed E-state index contributed by atoms with van der Waals surface area (Å²) in [7, 11) is 0. The van der Waals surface area contributed by atoms with Crippen LogP contribution in [0.15, 0.2) is 60.8 Å². The molecule has 0 radical (unpaired) electrons. The lowest BCUT2D eigenvalue weighted by Gasteiger charge is -2.16. The van der Waals surface area contributed by atoms with Gasteiger partial charge in [-0.25, -0.2) is 0 Å². The van der Waals surface area contributed by atoms with Gasteiger partial charge in [-0.05, 0) is 24.6 Å². The van der Waals surface area contributed by atoms with E-state index in [-0.39, 0.29) is 0 Å². The second-order valence-electron chi connectivity index (χ2n) is 4.94. The molecule has 3 aromatic rings. The number of hydrogen-bond acceptors (Lipinski definition) is 3. The molecule has 0 aliphatic heterocycles. The number of fused-ring (bicyclic) bond motifs is 1. The average Bonchev–Trinajstić information content (AvgIpc) is 2.54. The SMILES string of the molecule is Cc1ccccc1NC(C#N)c1cccc2cccnc12. The Morgan fingerprint density at radius 1 is 1.05 bits per heavy atom. The van der Waals surface area contributed by atoms with E-state index in [0.717, 1.165) is 27.7 Å². The molecule has 2 aromatic carbocycles. The van der Waals surface area contributed by atoms with Gasteiger partial charge in [0.1, 0.15) is 6.04 Å². The van der Waals surface area contributed by atoms with Gasteiger partial charge in [-0.1, -0.05) is 42.5 Å². The molecule has 0 spiro atoms. The van der Waals surface area contributed by atoms with Crippen LogP contribution in [0.1, 0.15) is 17.2 Å². The summed E-state index contributed by atoms with van der Waals surface area (Å²) < 4.78 is 0. The van der Waals surface area contributed by atoms with Gasteiger partial charge in [0.25, 0.3) is 0 Å². The quantitative estimate of drug-likeness (QED) is 0.777. The third kappa shape index (κ3) is 2.56. The van der Waals surface area contributed by atoms with Gasteiger partial charge in [-0.15, -0.1) is 0 Å². The maximum absolute atomic E-state index is 9.55. The van der Waals surface area contributed by atoms with E-state index >= 15 is 0 Å². The first-order valence-corrected chi connectivity index (χ1v) is 6.85. The number of aryl methyl sites for hydroxylation is 1. The van der Waals surface area contributed by atoms with Crippen molar-refractivity contribution < 1.29 is 0 Å². The Labute approximate surface area is 123 Å². The van der Waals surface area contributed by atoms with Crippen LogP contribution in [-0.2, 0) is 0 Å². The van der Waals surface area contributed by atoms with Crippen molar-refractivity contribution in [1.82, 2.24) is 4.98 Å². The molecule has 0 aliphatic rings. The van der Waals surface area contributed by atoms with E-state index in [2.05, 4.69) is 16.4 Å². The van der Waals surface area contributed by atoms with Crippen molar-refractivity contribution in [3.8, 4) is 6.07 Å². The van der Waals surface area contributed by atoms with Gasteiger partial charge >= 0.3 is 0 Å². The number of anilines is 1. The maximum Gasteiger partial charge on any atom is 0.142 e. The van der Waals surface area contributed by atoms with Gasteiger partial charge in [0, 0.05) is 22.8 Å². The van der Waals surface area contributed by atoms with E-state index in [1.807, 2.05) is 61.5 Å². The third-order valence-corrected chi connectivity index (χ3v) is 3.55. The van der Waals surface area contributed by atoms with Crippen LogP contribution >= 0.6 is 0 Å². The Morgan fingerprint density at radius 3 is 2.67 bits per heavy atom. The lowest BCUT2D eigenvalue weighted by Crippen LogP contribution is -2.10. The van der Waals surface area contributed by atoms with Crippen LogP contribution in [0.5, 0.6) is 0 Å². The van der Waals surface area contributed by atoms with E-state index in [1.165, 1.54) is 0 Å². The summed E-state index contributed by atoms with van der Waals surface area (Å²) in [5.74, 6) is 0. The number of rotatable bonds is 3. The van der Waals surface area contributed by atoms with Gasteiger partial charge < -0.3 is 5.32 Å². The fourth-order valence-electron chi connectivity index (χ4n) is 2.43. The van der Waals surface area contributed by atoms with E-state index in [4.69, 9.17) is 0 Å².